The number of nitrogens with zero attached hydrogens (tertiary/aromatic N) is 2. The van der Waals surface area contributed by atoms with Gasteiger partial charge in [-0.05, 0) is 36.7 Å². The molecule has 0 aliphatic rings. The third-order valence-electron chi connectivity index (χ3n) is 3.21. The van der Waals surface area contributed by atoms with Gasteiger partial charge < -0.3 is 5.32 Å². The van der Waals surface area contributed by atoms with Crippen LogP contribution in [0.1, 0.15) is 36.8 Å². The zero-order valence-corrected chi connectivity index (χ0v) is 12.4. The summed E-state index contributed by atoms with van der Waals surface area (Å²) in [4.78, 5) is 0. The Morgan fingerprint density at radius 3 is 2.68 bits per heavy atom. The standard InChI is InChI=1S/C15H20ClN3/c1-4-13-10-14(19(3)18-13)15(17-5-2)11-7-6-8-12(16)9-11/h6-10,15,17H,4-5H2,1-3H3. The summed E-state index contributed by atoms with van der Waals surface area (Å²) in [6.45, 7) is 5.12. The second-order valence-corrected chi connectivity index (χ2v) is 5.02. The number of hydrogen-bond acceptors (Lipinski definition) is 2. The number of hydrogen-bond donors (Lipinski definition) is 1. The van der Waals surface area contributed by atoms with Gasteiger partial charge >= 0.3 is 0 Å². The van der Waals surface area contributed by atoms with E-state index in [2.05, 4.69) is 36.4 Å². The van der Waals surface area contributed by atoms with E-state index in [9.17, 15) is 0 Å². The minimum absolute atomic E-state index is 0.126. The number of benzene rings is 1. The summed E-state index contributed by atoms with van der Waals surface area (Å²) < 4.78 is 1.95. The van der Waals surface area contributed by atoms with Gasteiger partial charge in [0.2, 0.25) is 0 Å². The van der Waals surface area contributed by atoms with E-state index in [0.717, 1.165) is 23.7 Å². The molecular weight excluding hydrogens is 258 g/mol. The van der Waals surface area contributed by atoms with Crippen LogP contribution in [0, 0.1) is 0 Å². The van der Waals surface area contributed by atoms with Gasteiger partial charge in [0, 0.05) is 12.1 Å². The van der Waals surface area contributed by atoms with Gasteiger partial charge in [-0.15, -0.1) is 0 Å². The second-order valence-electron chi connectivity index (χ2n) is 4.58. The van der Waals surface area contributed by atoms with Crippen molar-refractivity contribution in [2.24, 2.45) is 7.05 Å². The first-order valence-corrected chi connectivity index (χ1v) is 7.05. The van der Waals surface area contributed by atoms with Crippen LogP contribution >= 0.6 is 11.6 Å². The molecule has 1 N–H and O–H groups in total. The van der Waals surface area contributed by atoms with E-state index in [4.69, 9.17) is 11.6 Å². The lowest BCUT2D eigenvalue weighted by Crippen LogP contribution is -2.24. The van der Waals surface area contributed by atoms with Crippen LogP contribution in [0.2, 0.25) is 5.02 Å². The van der Waals surface area contributed by atoms with Gasteiger partial charge in [0.1, 0.15) is 0 Å². The summed E-state index contributed by atoms with van der Waals surface area (Å²) in [5, 5.41) is 8.79. The molecule has 0 bridgehead atoms. The fraction of sp³-hybridized carbons (Fsp3) is 0.400. The molecule has 0 aliphatic carbocycles. The molecule has 4 heteroatoms. The Hall–Kier alpha value is -1.32. The van der Waals surface area contributed by atoms with Crippen molar-refractivity contribution in [3.8, 4) is 0 Å². The summed E-state index contributed by atoms with van der Waals surface area (Å²) in [5.74, 6) is 0. The Balaban J connectivity index is 2.41. The fourth-order valence-electron chi connectivity index (χ4n) is 2.27. The van der Waals surface area contributed by atoms with E-state index in [1.54, 1.807) is 0 Å². The largest absolute Gasteiger partial charge is 0.305 e. The van der Waals surface area contributed by atoms with E-state index in [-0.39, 0.29) is 6.04 Å². The Labute approximate surface area is 119 Å². The SMILES string of the molecule is CCNC(c1cccc(Cl)c1)c1cc(CC)nn1C. The summed E-state index contributed by atoms with van der Waals surface area (Å²) in [5.41, 5.74) is 3.45. The minimum Gasteiger partial charge on any atom is -0.305 e. The Kier molecular flexibility index (Phi) is 4.61. The van der Waals surface area contributed by atoms with Gasteiger partial charge in [-0.1, -0.05) is 37.6 Å². The quantitative estimate of drug-likeness (QED) is 0.908. The first-order chi connectivity index (χ1) is 9.15. The molecule has 0 radical (unpaired) electrons. The average Bonchev–Trinajstić information content (AvgIpc) is 2.77. The molecular formula is C15H20ClN3. The van der Waals surface area contributed by atoms with Gasteiger partial charge in [-0.25, -0.2) is 0 Å². The topological polar surface area (TPSA) is 29.9 Å². The first-order valence-electron chi connectivity index (χ1n) is 6.67. The monoisotopic (exact) mass is 277 g/mol. The van der Waals surface area contributed by atoms with Crippen LogP contribution in [0.15, 0.2) is 30.3 Å². The lowest BCUT2D eigenvalue weighted by atomic mass is 10.0. The minimum atomic E-state index is 0.126. The van der Waals surface area contributed by atoms with Crippen molar-refractivity contribution < 1.29 is 0 Å². The number of rotatable bonds is 5. The Morgan fingerprint density at radius 2 is 2.11 bits per heavy atom. The van der Waals surface area contributed by atoms with Gasteiger partial charge in [-0.3, -0.25) is 4.68 Å². The first kappa shape index (κ1) is 14.1. The fourth-order valence-corrected chi connectivity index (χ4v) is 2.47. The summed E-state index contributed by atoms with van der Waals surface area (Å²) in [6.07, 6.45) is 0.947. The summed E-state index contributed by atoms with van der Waals surface area (Å²) in [6, 6.07) is 10.3. The second kappa shape index (κ2) is 6.22. The van der Waals surface area contributed by atoms with Crippen molar-refractivity contribution in [3.05, 3.63) is 52.3 Å². The lowest BCUT2D eigenvalue weighted by molar-refractivity contribution is 0.571. The molecule has 0 aliphatic heterocycles. The molecule has 102 valence electrons. The smallest absolute Gasteiger partial charge is 0.0748 e. The van der Waals surface area contributed by atoms with Gasteiger partial charge in [0.05, 0.1) is 17.4 Å². The van der Waals surface area contributed by atoms with E-state index >= 15 is 0 Å². The third kappa shape index (κ3) is 3.17. The highest BCUT2D eigenvalue weighted by Gasteiger charge is 2.17. The molecule has 1 heterocycles. The average molecular weight is 278 g/mol. The maximum absolute atomic E-state index is 6.10. The summed E-state index contributed by atoms with van der Waals surface area (Å²) >= 11 is 6.10. The van der Waals surface area contributed by atoms with E-state index < -0.39 is 0 Å². The zero-order chi connectivity index (χ0) is 13.8. The number of aryl methyl sites for hydroxylation is 2. The maximum Gasteiger partial charge on any atom is 0.0748 e. The predicted octanol–water partition coefficient (Wildman–Crippen LogP) is 3.33. The molecule has 19 heavy (non-hydrogen) atoms. The van der Waals surface area contributed by atoms with E-state index in [1.165, 1.54) is 11.3 Å². The van der Waals surface area contributed by atoms with Crippen LogP contribution in [0.4, 0.5) is 0 Å². The van der Waals surface area contributed by atoms with Crippen molar-refractivity contribution in [2.45, 2.75) is 26.3 Å². The molecule has 0 saturated carbocycles. The number of halogens is 1. The lowest BCUT2D eigenvalue weighted by Gasteiger charge is -2.18. The molecule has 1 atom stereocenters. The van der Waals surface area contributed by atoms with E-state index in [0.29, 0.717) is 0 Å². The van der Waals surface area contributed by atoms with Crippen LogP contribution in [-0.2, 0) is 13.5 Å². The van der Waals surface area contributed by atoms with Crippen molar-refractivity contribution >= 4 is 11.6 Å². The normalized spacial score (nSPS) is 12.6. The van der Waals surface area contributed by atoms with Crippen LogP contribution in [0.3, 0.4) is 0 Å². The van der Waals surface area contributed by atoms with Gasteiger partial charge in [0.15, 0.2) is 0 Å². The van der Waals surface area contributed by atoms with Crippen molar-refractivity contribution in [1.82, 2.24) is 15.1 Å². The zero-order valence-electron chi connectivity index (χ0n) is 11.7. The Bertz CT molecular complexity index is 548. The molecule has 0 amide bonds. The van der Waals surface area contributed by atoms with Crippen molar-refractivity contribution in [3.63, 3.8) is 0 Å². The van der Waals surface area contributed by atoms with Crippen molar-refractivity contribution in [1.29, 1.82) is 0 Å². The molecule has 1 unspecified atom stereocenters. The van der Waals surface area contributed by atoms with Crippen LogP contribution in [0.25, 0.3) is 0 Å². The Morgan fingerprint density at radius 1 is 1.32 bits per heavy atom. The molecule has 1 aromatic heterocycles. The molecule has 3 nitrogen and oxygen atoms in total. The summed E-state index contributed by atoms with van der Waals surface area (Å²) in [7, 11) is 1.99. The predicted molar refractivity (Wildman–Crippen MR) is 79.6 cm³/mol. The van der Waals surface area contributed by atoms with Crippen LogP contribution in [0.5, 0.6) is 0 Å². The number of aromatic nitrogens is 2. The van der Waals surface area contributed by atoms with Crippen LogP contribution < -0.4 is 5.32 Å². The molecule has 2 aromatic rings. The molecule has 0 saturated heterocycles. The van der Waals surface area contributed by atoms with E-state index in [1.807, 2.05) is 29.9 Å². The highest BCUT2D eigenvalue weighted by molar-refractivity contribution is 6.30. The van der Waals surface area contributed by atoms with Crippen molar-refractivity contribution in [2.75, 3.05) is 6.54 Å². The molecule has 0 fully saturated rings. The highest BCUT2D eigenvalue weighted by Crippen LogP contribution is 2.24. The molecule has 0 spiro atoms. The maximum atomic E-state index is 6.10. The third-order valence-corrected chi connectivity index (χ3v) is 3.45. The molecule has 2 rings (SSSR count). The van der Waals surface area contributed by atoms with Crippen LogP contribution in [-0.4, -0.2) is 16.3 Å². The van der Waals surface area contributed by atoms with Gasteiger partial charge in [-0.2, -0.15) is 5.10 Å². The molecule has 1 aromatic carbocycles. The van der Waals surface area contributed by atoms with Gasteiger partial charge in [0.25, 0.3) is 0 Å². The highest BCUT2D eigenvalue weighted by atomic mass is 35.5. The number of nitrogens with one attached hydrogen (secondary N) is 1.